The molecule has 1 saturated heterocycles. The van der Waals surface area contributed by atoms with E-state index >= 15 is 0 Å². The van der Waals surface area contributed by atoms with E-state index in [0.29, 0.717) is 12.8 Å². The molecule has 1 fully saturated rings. The Bertz CT molecular complexity index is 332. The Hall–Kier alpha value is -0.910. The van der Waals surface area contributed by atoms with Gasteiger partial charge in [-0.05, 0) is 12.8 Å². The van der Waals surface area contributed by atoms with Crippen molar-refractivity contribution in [3.05, 3.63) is 0 Å². The number of carbonyl (C=O) groups excluding carboxylic acids is 2. The average Bonchev–Trinajstić information content (AvgIpc) is 2.07. The van der Waals surface area contributed by atoms with Crippen LogP contribution in [0.25, 0.3) is 0 Å². The third-order valence-electron chi connectivity index (χ3n) is 2.13. The SMILES string of the molecule is CC(=O)NP(N)(=O)N1CCC[C@H](N)C1=O. The van der Waals surface area contributed by atoms with Gasteiger partial charge >= 0.3 is 7.59 Å². The van der Waals surface area contributed by atoms with Gasteiger partial charge < -0.3 is 5.73 Å². The first kappa shape index (κ1) is 12.2. The lowest BCUT2D eigenvalue weighted by atomic mass is 10.1. The standard InChI is InChI=1S/C7H15N4O3P/c1-5(12)10-15(9,14)11-4-2-3-6(8)7(11)13/h6H,2-4,8H2,1H3,(H3,9,10,12,14)/t6-,15?/m0/s1. The van der Waals surface area contributed by atoms with Crippen LogP contribution in [0.2, 0.25) is 0 Å². The van der Waals surface area contributed by atoms with Gasteiger partial charge in [0.2, 0.25) is 11.8 Å². The topological polar surface area (TPSA) is 119 Å². The highest BCUT2D eigenvalue weighted by Gasteiger charge is 2.36. The number of nitrogens with zero attached hydrogens (tertiary/aromatic N) is 1. The summed E-state index contributed by atoms with van der Waals surface area (Å²) < 4.78 is 12.8. The summed E-state index contributed by atoms with van der Waals surface area (Å²) in [5.41, 5.74) is 10.9. The molecule has 1 aliphatic rings. The number of carbonyl (C=O) groups is 2. The van der Waals surface area contributed by atoms with Gasteiger partial charge in [0.1, 0.15) is 0 Å². The second-order valence-corrected chi connectivity index (χ2v) is 5.45. The predicted molar refractivity (Wildman–Crippen MR) is 54.5 cm³/mol. The number of rotatable bonds is 2. The van der Waals surface area contributed by atoms with E-state index in [9.17, 15) is 14.2 Å². The molecule has 1 aliphatic heterocycles. The molecule has 7 nitrogen and oxygen atoms in total. The van der Waals surface area contributed by atoms with Crippen LogP contribution >= 0.6 is 7.59 Å². The summed E-state index contributed by atoms with van der Waals surface area (Å²) in [5, 5.41) is 2.08. The Morgan fingerprint density at radius 1 is 1.67 bits per heavy atom. The van der Waals surface area contributed by atoms with Crippen molar-refractivity contribution >= 4 is 19.4 Å². The lowest BCUT2D eigenvalue weighted by Gasteiger charge is -2.33. The molecule has 0 radical (unpaired) electrons. The number of nitrogens with two attached hydrogens (primary N) is 2. The summed E-state index contributed by atoms with van der Waals surface area (Å²) in [4.78, 5) is 22.3. The molecule has 0 aliphatic carbocycles. The minimum Gasteiger partial charge on any atom is -0.320 e. The molecule has 1 unspecified atom stereocenters. The maximum Gasteiger partial charge on any atom is 0.332 e. The molecule has 86 valence electrons. The Morgan fingerprint density at radius 2 is 2.27 bits per heavy atom. The minimum atomic E-state index is -3.61. The van der Waals surface area contributed by atoms with Crippen LogP contribution in [0.1, 0.15) is 19.8 Å². The van der Waals surface area contributed by atoms with E-state index in [1.54, 1.807) is 0 Å². The third kappa shape index (κ3) is 2.77. The number of nitrogens with one attached hydrogen (secondary N) is 1. The first-order valence-corrected chi connectivity index (χ1v) is 6.32. The van der Waals surface area contributed by atoms with Crippen LogP contribution in [0.5, 0.6) is 0 Å². The third-order valence-corrected chi connectivity index (χ3v) is 3.88. The summed E-state index contributed by atoms with van der Waals surface area (Å²) in [7, 11) is -3.61. The first-order chi connectivity index (χ1) is 6.84. The molecule has 0 saturated carbocycles. The summed E-state index contributed by atoms with van der Waals surface area (Å²) >= 11 is 0. The van der Waals surface area contributed by atoms with Crippen molar-refractivity contribution in [3.8, 4) is 0 Å². The lowest BCUT2D eigenvalue weighted by molar-refractivity contribution is -0.129. The van der Waals surface area contributed by atoms with E-state index in [2.05, 4.69) is 5.09 Å². The van der Waals surface area contributed by atoms with E-state index < -0.39 is 25.5 Å². The Kier molecular flexibility index (Phi) is 3.49. The summed E-state index contributed by atoms with van der Waals surface area (Å²) in [6.07, 6.45) is 1.18. The smallest absolute Gasteiger partial charge is 0.320 e. The molecule has 2 amide bonds. The zero-order valence-electron chi connectivity index (χ0n) is 8.47. The highest BCUT2D eigenvalue weighted by atomic mass is 31.2. The van der Waals surface area contributed by atoms with Gasteiger partial charge in [-0.15, -0.1) is 0 Å². The molecule has 0 aromatic carbocycles. The molecule has 1 heterocycles. The largest absolute Gasteiger partial charge is 0.332 e. The van der Waals surface area contributed by atoms with Gasteiger partial charge in [0.15, 0.2) is 0 Å². The summed E-state index contributed by atoms with van der Waals surface area (Å²) in [6.45, 7) is 1.45. The molecule has 15 heavy (non-hydrogen) atoms. The molecule has 5 N–H and O–H groups in total. The Balaban J connectivity index is 2.81. The van der Waals surface area contributed by atoms with Gasteiger partial charge in [-0.25, -0.2) is 5.50 Å². The van der Waals surface area contributed by atoms with Crippen LogP contribution in [0, 0.1) is 0 Å². The van der Waals surface area contributed by atoms with E-state index in [1.807, 2.05) is 0 Å². The van der Waals surface area contributed by atoms with Gasteiger partial charge in [-0.3, -0.25) is 23.9 Å². The van der Waals surface area contributed by atoms with Crippen LogP contribution < -0.4 is 16.3 Å². The number of amides is 2. The first-order valence-electron chi connectivity index (χ1n) is 4.59. The van der Waals surface area contributed by atoms with Gasteiger partial charge in [-0.2, -0.15) is 0 Å². The van der Waals surface area contributed by atoms with Gasteiger partial charge in [0.25, 0.3) is 0 Å². The summed E-state index contributed by atoms with van der Waals surface area (Å²) in [5.74, 6) is -1.01. The van der Waals surface area contributed by atoms with E-state index in [0.717, 1.165) is 4.67 Å². The van der Waals surface area contributed by atoms with Gasteiger partial charge in [0, 0.05) is 13.5 Å². The van der Waals surface area contributed by atoms with Crippen molar-refractivity contribution < 1.29 is 14.2 Å². The molecule has 0 spiro atoms. The highest BCUT2D eigenvalue weighted by molar-refractivity contribution is 7.58. The fraction of sp³-hybridized carbons (Fsp3) is 0.714. The van der Waals surface area contributed by atoms with Crippen LogP contribution in [0.3, 0.4) is 0 Å². The van der Waals surface area contributed by atoms with E-state index in [-0.39, 0.29) is 6.54 Å². The molecular formula is C7H15N4O3P. The van der Waals surface area contributed by atoms with Crippen molar-refractivity contribution in [2.24, 2.45) is 11.2 Å². The number of hydrogen-bond acceptors (Lipinski definition) is 4. The molecule has 8 heteroatoms. The van der Waals surface area contributed by atoms with E-state index in [1.165, 1.54) is 6.92 Å². The van der Waals surface area contributed by atoms with Crippen molar-refractivity contribution in [3.63, 3.8) is 0 Å². The Labute approximate surface area is 87.7 Å². The molecular weight excluding hydrogens is 219 g/mol. The predicted octanol–water partition coefficient (Wildman–Crippen LogP) is -0.861. The quantitative estimate of drug-likeness (QED) is 0.537. The fourth-order valence-electron chi connectivity index (χ4n) is 1.47. The van der Waals surface area contributed by atoms with Crippen molar-refractivity contribution in [1.82, 2.24) is 9.76 Å². The fourth-order valence-corrected chi connectivity index (χ4v) is 2.92. The lowest BCUT2D eigenvalue weighted by Crippen LogP contribution is -2.50. The van der Waals surface area contributed by atoms with Crippen molar-refractivity contribution in [2.45, 2.75) is 25.8 Å². The number of piperidine rings is 1. The molecule has 0 aromatic heterocycles. The zero-order chi connectivity index (χ0) is 11.6. The minimum absolute atomic E-state index is 0.264. The Morgan fingerprint density at radius 3 is 2.80 bits per heavy atom. The second kappa shape index (κ2) is 4.30. The summed E-state index contributed by atoms with van der Waals surface area (Å²) in [6, 6.07) is -0.676. The van der Waals surface area contributed by atoms with Crippen molar-refractivity contribution in [2.75, 3.05) is 6.54 Å². The average molecular weight is 234 g/mol. The van der Waals surface area contributed by atoms with Gasteiger partial charge in [0.05, 0.1) is 6.04 Å². The monoisotopic (exact) mass is 234 g/mol. The number of hydrogen-bond donors (Lipinski definition) is 3. The normalized spacial score (nSPS) is 25.9. The van der Waals surface area contributed by atoms with Crippen LogP contribution in [0.15, 0.2) is 0 Å². The van der Waals surface area contributed by atoms with Crippen LogP contribution in [-0.2, 0) is 14.2 Å². The molecule has 0 bridgehead atoms. The second-order valence-electron chi connectivity index (χ2n) is 3.50. The van der Waals surface area contributed by atoms with Crippen molar-refractivity contribution in [1.29, 1.82) is 0 Å². The van der Waals surface area contributed by atoms with E-state index in [4.69, 9.17) is 11.2 Å². The van der Waals surface area contributed by atoms with Gasteiger partial charge in [-0.1, -0.05) is 0 Å². The molecule has 0 aromatic rings. The maximum absolute atomic E-state index is 11.8. The maximum atomic E-state index is 11.8. The van der Waals surface area contributed by atoms with Crippen LogP contribution in [-0.4, -0.2) is 29.1 Å². The zero-order valence-corrected chi connectivity index (χ0v) is 9.37. The molecule has 1 rings (SSSR count). The molecule has 2 atom stereocenters. The van der Waals surface area contributed by atoms with Crippen LogP contribution in [0.4, 0.5) is 0 Å². The highest BCUT2D eigenvalue weighted by Crippen LogP contribution is 2.38.